The molecule has 2 heterocycles. The van der Waals surface area contributed by atoms with E-state index in [-0.39, 0.29) is 5.56 Å². The van der Waals surface area contributed by atoms with Crippen LogP contribution < -0.4 is 19.6 Å². The van der Waals surface area contributed by atoms with Gasteiger partial charge in [-0.25, -0.2) is 9.38 Å². The van der Waals surface area contributed by atoms with Crippen molar-refractivity contribution < 1.29 is 9.47 Å². The number of rotatable bonds is 9. The molecule has 0 radical (unpaired) electrons. The van der Waals surface area contributed by atoms with Crippen molar-refractivity contribution in [1.29, 1.82) is 0 Å². The number of ether oxygens (including phenoxy) is 2. The zero-order valence-electron chi connectivity index (χ0n) is 19.9. The maximum atomic E-state index is 12.9. The molecule has 178 valence electrons. The fourth-order valence-electron chi connectivity index (χ4n) is 4.09. The fourth-order valence-corrected chi connectivity index (χ4v) is 5.08. The molecule has 0 fully saturated rings. The number of aromatic nitrogens is 2. The van der Waals surface area contributed by atoms with Crippen LogP contribution in [0.1, 0.15) is 43.7 Å². The monoisotopic (exact) mass is 484 g/mol. The van der Waals surface area contributed by atoms with Gasteiger partial charge in [-0.2, -0.15) is 0 Å². The van der Waals surface area contributed by atoms with Crippen LogP contribution in [0.5, 0.6) is 11.5 Å². The first kappa shape index (κ1) is 23.1. The van der Waals surface area contributed by atoms with Gasteiger partial charge in [0.05, 0.1) is 28.8 Å². The summed E-state index contributed by atoms with van der Waals surface area (Å²) in [6.45, 7) is 5.61. The Hall–Kier alpha value is -3.64. The molecule has 3 aromatic carbocycles. The Morgan fingerprint density at radius 3 is 2.54 bits per heavy atom. The standard InChI is InChI=1S/C29H28N2O3S/c1-3-20(2)23-9-4-7-12-26(23)34-18-8-17-33-22-15-13-21(14-16-22)19-27-28(32)31-25-11-6-5-10-24(25)30-29(31)35-27/h4-7,9-16,19-20H,3,8,17-18H2,1-2H3/b27-19-. The molecule has 0 amide bonds. The van der Waals surface area contributed by atoms with E-state index in [0.717, 1.165) is 45.9 Å². The number of fused-ring (bicyclic) bond motifs is 3. The second kappa shape index (κ2) is 10.3. The number of para-hydroxylation sites is 3. The molecule has 0 saturated heterocycles. The topological polar surface area (TPSA) is 52.8 Å². The Balaban J connectivity index is 1.19. The maximum absolute atomic E-state index is 12.9. The molecule has 35 heavy (non-hydrogen) atoms. The molecular weight excluding hydrogens is 456 g/mol. The smallest absolute Gasteiger partial charge is 0.274 e. The highest BCUT2D eigenvalue weighted by molar-refractivity contribution is 7.15. The molecule has 0 aliphatic rings. The summed E-state index contributed by atoms with van der Waals surface area (Å²) in [6, 6.07) is 23.8. The minimum Gasteiger partial charge on any atom is -0.493 e. The summed E-state index contributed by atoms with van der Waals surface area (Å²) in [6.07, 6.45) is 3.79. The summed E-state index contributed by atoms with van der Waals surface area (Å²) < 4.78 is 14.3. The molecule has 5 nitrogen and oxygen atoms in total. The molecule has 1 unspecified atom stereocenters. The molecule has 5 rings (SSSR count). The van der Waals surface area contributed by atoms with Crippen molar-refractivity contribution in [3.05, 3.63) is 98.8 Å². The number of hydrogen-bond acceptors (Lipinski definition) is 5. The van der Waals surface area contributed by atoms with Crippen LogP contribution in [0.2, 0.25) is 0 Å². The van der Waals surface area contributed by atoms with E-state index >= 15 is 0 Å². The summed E-state index contributed by atoms with van der Waals surface area (Å²) in [5.74, 6) is 2.25. The lowest BCUT2D eigenvalue weighted by atomic mass is 9.98. The van der Waals surface area contributed by atoms with E-state index in [1.54, 1.807) is 4.40 Å². The van der Waals surface area contributed by atoms with Crippen molar-refractivity contribution in [1.82, 2.24) is 9.38 Å². The second-order valence-electron chi connectivity index (χ2n) is 8.60. The third kappa shape index (κ3) is 4.93. The van der Waals surface area contributed by atoms with E-state index in [4.69, 9.17) is 9.47 Å². The van der Waals surface area contributed by atoms with Crippen LogP contribution in [-0.2, 0) is 0 Å². The molecule has 0 aliphatic heterocycles. The second-order valence-corrected chi connectivity index (χ2v) is 9.61. The molecular formula is C29H28N2O3S. The molecule has 0 aliphatic carbocycles. The van der Waals surface area contributed by atoms with E-state index in [1.165, 1.54) is 16.9 Å². The van der Waals surface area contributed by atoms with E-state index in [0.29, 0.717) is 23.7 Å². The molecule has 0 saturated carbocycles. The predicted molar refractivity (Wildman–Crippen MR) is 143 cm³/mol. The Morgan fingerprint density at radius 1 is 0.971 bits per heavy atom. The van der Waals surface area contributed by atoms with E-state index in [1.807, 2.05) is 66.7 Å². The molecule has 0 bridgehead atoms. The van der Waals surface area contributed by atoms with Gasteiger partial charge in [0.1, 0.15) is 11.5 Å². The van der Waals surface area contributed by atoms with Crippen LogP contribution in [0.25, 0.3) is 22.1 Å². The Morgan fingerprint density at radius 2 is 1.71 bits per heavy atom. The SMILES string of the molecule is CCC(C)c1ccccc1OCCCOc1ccc(/C=c2\sc3nc4ccccc4n3c2=O)cc1. The first-order chi connectivity index (χ1) is 17.1. The Kier molecular flexibility index (Phi) is 6.82. The van der Waals surface area contributed by atoms with Crippen molar-refractivity contribution in [3.63, 3.8) is 0 Å². The van der Waals surface area contributed by atoms with Gasteiger partial charge in [0.2, 0.25) is 0 Å². The molecule has 5 aromatic rings. The Bertz CT molecular complexity index is 1550. The number of hydrogen-bond donors (Lipinski definition) is 0. The first-order valence-corrected chi connectivity index (χ1v) is 12.8. The van der Waals surface area contributed by atoms with E-state index < -0.39 is 0 Å². The quantitative estimate of drug-likeness (QED) is 0.248. The Labute approximate surface area is 208 Å². The summed E-state index contributed by atoms with van der Waals surface area (Å²) >= 11 is 1.41. The molecule has 2 aromatic heterocycles. The summed E-state index contributed by atoms with van der Waals surface area (Å²) in [5, 5.41) is 0. The van der Waals surface area contributed by atoms with Crippen molar-refractivity contribution in [2.45, 2.75) is 32.6 Å². The minimum absolute atomic E-state index is 0.0334. The van der Waals surface area contributed by atoms with Gasteiger partial charge in [-0.05, 0) is 59.9 Å². The lowest BCUT2D eigenvalue weighted by molar-refractivity contribution is 0.245. The van der Waals surface area contributed by atoms with E-state index in [9.17, 15) is 4.79 Å². The van der Waals surface area contributed by atoms with Gasteiger partial charge in [-0.1, -0.05) is 67.6 Å². The number of thiazole rings is 1. The van der Waals surface area contributed by atoms with Crippen molar-refractivity contribution in [2.24, 2.45) is 0 Å². The van der Waals surface area contributed by atoms with Crippen molar-refractivity contribution in [2.75, 3.05) is 13.2 Å². The van der Waals surface area contributed by atoms with Gasteiger partial charge in [0, 0.05) is 6.42 Å². The number of benzene rings is 3. The fraction of sp³-hybridized carbons (Fsp3) is 0.241. The molecule has 0 N–H and O–H groups in total. The first-order valence-electron chi connectivity index (χ1n) is 12.0. The number of nitrogens with zero attached hydrogens (tertiary/aromatic N) is 2. The molecule has 0 spiro atoms. The third-order valence-electron chi connectivity index (χ3n) is 6.20. The number of imidazole rings is 1. The largest absolute Gasteiger partial charge is 0.493 e. The average molecular weight is 485 g/mol. The molecule has 6 heteroatoms. The van der Waals surface area contributed by atoms with Crippen LogP contribution >= 0.6 is 11.3 Å². The van der Waals surface area contributed by atoms with Gasteiger partial charge >= 0.3 is 0 Å². The average Bonchev–Trinajstić information content (AvgIpc) is 3.40. The highest BCUT2D eigenvalue weighted by atomic mass is 32.1. The molecule has 1 atom stereocenters. The van der Waals surface area contributed by atoms with Gasteiger partial charge < -0.3 is 9.47 Å². The van der Waals surface area contributed by atoms with Crippen LogP contribution in [0.4, 0.5) is 0 Å². The summed E-state index contributed by atoms with van der Waals surface area (Å²) in [5.41, 5.74) is 3.87. The maximum Gasteiger partial charge on any atom is 0.274 e. The van der Waals surface area contributed by atoms with Crippen LogP contribution in [-0.4, -0.2) is 22.6 Å². The van der Waals surface area contributed by atoms with E-state index in [2.05, 4.69) is 31.0 Å². The highest BCUT2D eigenvalue weighted by Gasteiger charge is 2.11. The normalized spacial score (nSPS) is 12.9. The van der Waals surface area contributed by atoms with Crippen molar-refractivity contribution >= 4 is 33.4 Å². The zero-order valence-corrected chi connectivity index (χ0v) is 20.8. The zero-order chi connectivity index (χ0) is 24.2. The van der Waals surface area contributed by atoms with Gasteiger partial charge in [0.15, 0.2) is 4.96 Å². The highest BCUT2D eigenvalue weighted by Crippen LogP contribution is 2.28. The third-order valence-corrected chi connectivity index (χ3v) is 7.17. The van der Waals surface area contributed by atoms with Gasteiger partial charge in [-0.15, -0.1) is 0 Å². The van der Waals surface area contributed by atoms with Gasteiger partial charge in [0.25, 0.3) is 5.56 Å². The summed E-state index contributed by atoms with van der Waals surface area (Å²) in [4.78, 5) is 18.2. The lowest BCUT2D eigenvalue weighted by Gasteiger charge is -2.15. The van der Waals surface area contributed by atoms with Crippen LogP contribution in [0.15, 0.2) is 77.6 Å². The van der Waals surface area contributed by atoms with Crippen LogP contribution in [0.3, 0.4) is 0 Å². The van der Waals surface area contributed by atoms with Crippen LogP contribution in [0, 0.1) is 0 Å². The predicted octanol–water partition coefficient (Wildman–Crippen LogP) is 5.82. The van der Waals surface area contributed by atoms with Crippen molar-refractivity contribution in [3.8, 4) is 11.5 Å². The lowest BCUT2D eigenvalue weighted by Crippen LogP contribution is -2.22. The van der Waals surface area contributed by atoms with Gasteiger partial charge in [-0.3, -0.25) is 4.79 Å². The summed E-state index contributed by atoms with van der Waals surface area (Å²) in [7, 11) is 0. The minimum atomic E-state index is -0.0334.